The summed E-state index contributed by atoms with van der Waals surface area (Å²) < 4.78 is 2.02. The number of benzene rings is 1. The predicted molar refractivity (Wildman–Crippen MR) is 110 cm³/mol. The minimum atomic E-state index is 0.194. The van der Waals surface area contributed by atoms with Crippen molar-refractivity contribution >= 4 is 39.7 Å². The molecule has 4 aromatic rings. The molecule has 0 saturated carbocycles. The average molecular weight is 392 g/mol. The van der Waals surface area contributed by atoms with Crippen LogP contribution in [-0.2, 0) is 11.2 Å². The summed E-state index contributed by atoms with van der Waals surface area (Å²) in [5.74, 6) is 1.86. The lowest BCUT2D eigenvalue weighted by atomic mass is 10.2. The van der Waals surface area contributed by atoms with Gasteiger partial charge in [0.2, 0.25) is 11.9 Å². The van der Waals surface area contributed by atoms with Crippen molar-refractivity contribution in [3.8, 4) is 0 Å². The Bertz CT molecular complexity index is 1140. The molecule has 1 aromatic carbocycles. The molecule has 1 aliphatic heterocycles. The molecule has 0 unspecified atom stereocenters. The van der Waals surface area contributed by atoms with Gasteiger partial charge in [0.05, 0.1) is 11.9 Å². The Kier molecular flexibility index (Phi) is 4.20. The van der Waals surface area contributed by atoms with Gasteiger partial charge in [-0.05, 0) is 30.5 Å². The second-order valence-corrected chi connectivity index (χ2v) is 7.99. The van der Waals surface area contributed by atoms with Gasteiger partial charge in [0, 0.05) is 36.4 Å². The fraction of sp³-hybridized carbons (Fsp3) is 0.300. The van der Waals surface area contributed by atoms with E-state index < -0.39 is 0 Å². The number of piperazine rings is 1. The molecule has 3 aromatic heterocycles. The third kappa shape index (κ3) is 2.90. The minimum absolute atomic E-state index is 0.194. The van der Waals surface area contributed by atoms with Gasteiger partial charge in [-0.2, -0.15) is 0 Å². The molecule has 0 N–H and O–H groups in total. The number of carbonyl (C=O) groups excluding carboxylic acids is 1. The van der Waals surface area contributed by atoms with Crippen molar-refractivity contribution in [2.45, 2.75) is 13.3 Å². The van der Waals surface area contributed by atoms with Gasteiger partial charge in [0.1, 0.15) is 5.82 Å². The van der Waals surface area contributed by atoms with E-state index in [9.17, 15) is 4.79 Å². The third-order valence-electron chi connectivity index (χ3n) is 5.21. The number of thiophene rings is 1. The molecule has 0 aliphatic carbocycles. The lowest BCUT2D eigenvalue weighted by Gasteiger charge is -2.35. The first-order valence-electron chi connectivity index (χ1n) is 9.36. The van der Waals surface area contributed by atoms with Crippen LogP contribution in [0.25, 0.3) is 16.6 Å². The number of rotatable bonds is 3. The number of anilines is 1. The van der Waals surface area contributed by atoms with Crippen LogP contribution >= 0.6 is 11.3 Å². The van der Waals surface area contributed by atoms with Crippen LogP contribution in [0.1, 0.15) is 10.7 Å². The fourth-order valence-corrected chi connectivity index (χ4v) is 4.43. The van der Waals surface area contributed by atoms with Crippen molar-refractivity contribution in [3.05, 3.63) is 52.5 Å². The SMILES string of the molecule is Cc1nnc2c3ccccc3nc(N3CCN(C(=O)Cc4cccs4)CC3)n12. The van der Waals surface area contributed by atoms with E-state index in [1.54, 1.807) is 11.3 Å². The number of nitrogens with zero attached hydrogens (tertiary/aromatic N) is 6. The zero-order valence-corrected chi connectivity index (χ0v) is 16.4. The molecular formula is C20H20N6OS. The van der Waals surface area contributed by atoms with Crippen molar-refractivity contribution in [2.75, 3.05) is 31.1 Å². The molecule has 0 bridgehead atoms. The summed E-state index contributed by atoms with van der Waals surface area (Å²) in [6.45, 7) is 4.83. The zero-order valence-electron chi connectivity index (χ0n) is 15.6. The molecule has 1 fully saturated rings. The first-order chi connectivity index (χ1) is 13.7. The Morgan fingerprint density at radius 1 is 1.07 bits per heavy atom. The van der Waals surface area contributed by atoms with E-state index in [1.807, 2.05) is 58.0 Å². The highest BCUT2D eigenvalue weighted by Gasteiger charge is 2.25. The summed E-state index contributed by atoms with van der Waals surface area (Å²) >= 11 is 1.63. The van der Waals surface area contributed by atoms with Crippen LogP contribution in [0.4, 0.5) is 5.95 Å². The van der Waals surface area contributed by atoms with Gasteiger partial charge in [-0.15, -0.1) is 21.5 Å². The Morgan fingerprint density at radius 2 is 1.89 bits per heavy atom. The standard InChI is InChI=1S/C20H20N6OS/c1-14-22-23-19-16-6-2-3-7-17(16)21-20(26(14)19)25-10-8-24(9-11-25)18(27)13-15-5-4-12-28-15/h2-7,12H,8-11,13H2,1H3. The molecule has 0 atom stereocenters. The molecule has 5 rings (SSSR count). The minimum Gasteiger partial charge on any atom is -0.339 e. The van der Waals surface area contributed by atoms with Crippen molar-refractivity contribution in [1.82, 2.24) is 24.5 Å². The molecule has 142 valence electrons. The van der Waals surface area contributed by atoms with E-state index in [4.69, 9.17) is 4.98 Å². The lowest BCUT2D eigenvalue weighted by molar-refractivity contribution is -0.130. The van der Waals surface area contributed by atoms with Crippen molar-refractivity contribution in [3.63, 3.8) is 0 Å². The number of amides is 1. The van der Waals surface area contributed by atoms with Crippen LogP contribution in [0.3, 0.4) is 0 Å². The number of carbonyl (C=O) groups is 1. The molecule has 28 heavy (non-hydrogen) atoms. The number of para-hydroxylation sites is 1. The highest BCUT2D eigenvalue weighted by atomic mass is 32.1. The number of fused-ring (bicyclic) bond motifs is 3. The number of hydrogen-bond acceptors (Lipinski definition) is 6. The number of hydrogen-bond donors (Lipinski definition) is 0. The highest BCUT2D eigenvalue weighted by molar-refractivity contribution is 7.10. The van der Waals surface area contributed by atoms with Crippen molar-refractivity contribution in [1.29, 1.82) is 0 Å². The van der Waals surface area contributed by atoms with E-state index in [2.05, 4.69) is 15.1 Å². The van der Waals surface area contributed by atoms with Gasteiger partial charge in [-0.3, -0.25) is 4.79 Å². The second-order valence-electron chi connectivity index (χ2n) is 6.96. The summed E-state index contributed by atoms with van der Waals surface area (Å²) in [5, 5.41) is 11.6. The van der Waals surface area contributed by atoms with Gasteiger partial charge in [-0.1, -0.05) is 18.2 Å². The summed E-state index contributed by atoms with van der Waals surface area (Å²) in [5.41, 5.74) is 1.74. The lowest BCUT2D eigenvalue weighted by Crippen LogP contribution is -2.50. The van der Waals surface area contributed by atoms with Gasteiger partial charge in [0.15, 0.2) is 5.65 Å². The van der Waals surface area contributed by atoms with Crippen LogP contribution in [0.2, 0.25) is 0 Å². The molecule has 1 amide bonds. The van der Waals surface area contributed by atoms with Gasteiger partial charge in [0.25, 0.3) is 0 Å². The van der Waals surface area contributed by atoms with Crippen molar-refractivity contribution < 1.29 is 4.79 Å². The second kappa shape index (κ2) is 6.87. The van der Waals surface area contributed by atoms with Crippen molar-refractivity contribution in [2.24, 2.45) is 0 Å². The Morgan fingerprint density at radius 3 is 2.68 bits per heavy atom. The summed E-state index contributed by atoms with van der Waals surface area (Å²) in [4.78, 5) is 22.8. The molecule has 7 nitrogen and oxygen atoms in total. The number of aromatic nitrogens is 4. The highest BCUT2D eigenvalue weighted by Crippen LogP contribution is 2.24. The molecule has 8 heteroatoms. The van der Waals surface area contributed by atoms with Crippen LogP contribution in [-0.4, -0.2) is 56.6 Å². The van der Waals surface area contributed by atoms with Gasteiger partial charge >= 0.3 is 0 Å². The fourth-order valence-electron chi connectivity index (χ4n) is 3.74. The van der Waals surface area contributed by atoms with Gasteiger partial charge < -0.3 is 9.80 Å². The van der Waals surface area contributed by atoms with E-state index in [0.29, 0.717) is 19.5 Å². The molecule has 0 spiro atoms. The summed E-state index contributed by atoms with van der Waals surface area (Å²) in [7, 11) is 0. The van der Waals surface area contributed by atoms with Crippen LogP contribution in [0.5, 0.6) is 0 Å². The Labute approximate surface area is 166 Å². The Balaban J connectivity index is 1.41. The van der Waals surface area contributed by atoms with E-state index in [0.717, 1.165) is 46.3 Å². The van der Waals surface area contributed by atoms with Crippen LogP contribution < -0.4 is 4.90 Å². The maximum atomic E-state index is 12.6. The normalized spacial score (nSPS) is 14.9. The third-order valence-corrected chi connectivity index (χ3v) is 6.09. The topological polar surface area (TPSA) is 66.6 Å². The quantitative estimate of drug-likeness (QED) is 0.536. The zero-order chi connectivity index (χ0) is 19.1. The van der Waals surface area contributed by atoms with E-state index in [1.165, 1.54) is 0 Å². The summed E-state index contributed by atoms with van der Waals surface area (Å²) in [6, 6.07) is 12.0. The smallest absolute Gasteiger partial charge is 0.227 e. The Hall–Kier alpha value is -3.00. The maximum Gasteiger partial charge on any atom is 0.227 e. The van der Waals surface area contributed by atoms with Gasteiger partial charge in [-0.25, -0.2) is 9.38 Å². The van der Waals surface area contributed by atoms with E-state index in [-0.39, 0.29) is 5.91 Å². The molecule has 1 saturated heterocycles. The van der Waals surface area contributed by atoms with Crippen LogP contribution in [0.15, 0.2) is 41.8 Å². The molecule has 4 heterocycles. The largest absolute Gasteiger partial charge is 0.339 e. The predicted octanol–water partition coefficient (Wildman–Crippen LogP) is 2.54. The van der Waals surface area contributed by atoms with E-state index >= 15 is 0 Å². The molecular weight excluding hydrogens is 372 g/mol. The summed E-state index contributed by atoms with van der Waals surface area (Å²) in [6.07, 6.45) is 0.487. The monoisotopic (exact) mass is 392 g/mol. The molecule has 0 radical (unpaired) electrons. The van der Waals surface area contributed by atoms with Crippen LogP contribution in [0, 0.1) is 6.92 Å². The first kappa shape index (κ1) is 17.1. The number of aryl methyl sites for hydroxylation is 1. The maximum absolute atomic E-state index is 12.6. The first-order valence-corrected chi connectivity index (χ1v) is 10.2. The average Bonchev–Trinajstić information content (AvgIpc) is 3.38. The molecule has 1 aliphatic rings.